The van der Waals surface area contributed by atoms with Crippen LogP contribution in [0.4, 0.5) is 8.78 Å². The molecule has 16 heteroatoms. The van der Waals surface area contributed by atoms with Gasteiger partial charge in [-0.2, -0.15) is 12.6 Å². The maximum Gasteiger partial charge on any atom is 0.393 e. The van der Waals surface area contributed by atoms with Crippen LogP contribution in [0.1, 0.15) is 36.0 Å². The second-order valence-electron chi connectivity index (χ2n) is 14.2. The first-order chi connectivity index (χ1) is 27.6. The van der Waals surface area contributed by atoms with Crippen LogP contribution in [0.15, 0.2) is 109 Å². The van der Waals surface area contributed by atoms with Crippen molar-refractivity contribution in [2.24, 2.45) is 5.92 Å². The van der Waals surface area contributed by atoms with Gasteiger partial charge in [-0.1, -0.05) is 84.6 Å². The smallest absolute Gasteiger partial charge is 0.393 e. The van der Waals surface area contributed by atoms with Crippen LogP contribution in [0.5, 0.6) is 0 Å². The molecule has 5 aromatic rings. The summed E-state index contributed by atoms with van der Waals surface area (Å²) in [4.78, 5) is 16.9. The number of rotatable bonds is 14. The van der Waals surface area contributed by atoms with E-state index >= 15 is 0 Å². The van der Waals surface area contributed by atoms with Crippen LogP contribution in [0.25, 0.3) is 22.3 Å². The van der Waals surface area contributed by atoms with Crippen LogP contribution >= 0.6 is 23.2 Å². The van der Waals surface area contributed by atoms with Gasteiger partial charge in [-0.05, 0) is 116 Å². The Balaban J connectivity index is 0.000000229. The van der Waals surface area contributed by atoms with E-state index in [1.165, 1.54) is 31.1 Å². The Morgan fingerprint density at radius 1 is 0.914 bits per heavy atom. The maximum absolute atomic E-state index is 14.2. The molecule has 58 heavy (non-hydrogen) atoms. The molecule has 1 aliphatic rings. The number of esters is 1. The summed E-state index contributed by atoms with van der Waals surface area (Å²) in [5.41, 5.74) is 4.96. The molecule has 0 radical (unpaired) electrons. The first-order valence-corrected chi connectivity index (χ1v) is 21.0. The molecule has 1 aliphatic heterocycles. The monoisotopic (exact) mass is 850 g/mol. The molecule has 1 unspecified atom stereocenters. The van der Waals surface area contributed by atoms with E-state index in [4.69, 9.17) is 32.1 Å². The summed E-state index contributed by atoms with van der Waals surface area (Å²) < 4.78 is 62.8. The predicted molar refractivity (Wildman–Crippen MR) is 226 cm³/mol. The van der Waals surface area contributed by atoms with Crippen molar-refractivity contribution in [3.8, 4) is 22.3 Å². The van der Waals surface area contributed by atoms with Gasteiger partial charge < -0.3 is 14.8 Å². The fourth-order valence-electron chi connectivity index (χ4n) is 7.08. The second kappa shape index (κ2) is 20.7. The van der Waals surface area contributed by atoms with Gasteiger partial charge in [0.1, 0.15) is 11.6 Å². The third-order valence-electron chi connectivity index (χ3n) is 9.68. The summed E-state index contributed by atoms with van der Waals surface area (Å²) in [6, 6.07) is 26.8. The van der Waals surface area contributed by atoms with E-state index in [1.807, 2.05) is 30.3 Å². The van der Waals surface area contributed by atoms with Crippen LogP contribution in [-0.2, 0) is 36.9 Å². The van der Waals surface area contributed by atoms with Crippen molar-refractivity contribution in [3.05, 3.63) is 148 Å². The lowest BCUT2D eigenvalue weighted by Gasteiger charge is -2.23. The van der Waals surface area contributed by atoms with Crippen LogP contribution in [-0.4, -0.2) is 66.9 Å². The predicted octanol–water partition coefficient (Wildman–Crippen LogP) is 8.79. The zero-order chi connectivity index (χ0) is 42.0. The van der Waals surface area contributed by atoms with E-state index in [9.17, 15) is 32.0 Å². The fourth-order valence-corrected chi connectivity index (χ4v) is 8.75. The van der Waals surface area contributed by atoms with Gasteiger partial charge in [0, 0.05) is 39.6 Å². The third kappa shape index (κ3) is 12.2. The highest BCUT2D eigenvalue weighted by molar-refractivity contribution is 7.85. The van der Waals surface area contributed by atoms with E-state index in [0.717, 1.165) is 26.5 Å². The van der Waals surface area contributed by atoms with Gasteiger partial charge in [0.2, 0.25) is 0 Å². The SMILES string of the molecule is CB(O)N1[C@H](Cc2ccc(-c3cc(Cl)ccc3F)cc2)COS1(=O)=O.CCOC(=O)C(C[C@H](CB(C)O)Cc1ccc(-c2cc(Cl)ccc2F)cc1)c1cccnc1. The summed E-state index contributed by atoms with van der Waals surface area (Å²) in [6.07, 6.45) is 5.47. The van der Waals surface area contributed by atoms with Gasteiger partial charge in [0.05, 0.1) is 19.1 Å². The Labute approximate surface area is 349 Å². The minimum absolute atomic E-state index is 0.0160. The molecular weight excluding hydrogens is 807 g/mol. The Morgan fingerprint density at radius 3 is 1.98 bits per heavy atom. The molecule has 3 atom stereocenters. The molecule has 9 nitrogen and oxygen atoms in total. The average Bonchev–Trinajstić information content (AvgIpc) is 3.50. The molecule has 0 spiro atoms. The fraction of sp³-hybridized carbons (Fsp3) is 0.286. The molecule has 0 saturated carbocycles. The standard InChI is InChI=1S/C26H28BClFNO3.C16H16BClFNO4S/c1-3-33-26(31)24(21-5-4-12-30-17-21)14-19(16-27(2)32)13-18-6-8-20(9-7-18)23-15-22(28)10-11-25(23)29;1-17(21)20-14(10-24-25(20,22)23)8-11-2-4-12(5-3-11)15-9-13(18)6-7-16(15)19/h4-12,15,17,19,24,32H,3,13-14,16H2,1-2H3;2-7,9,14,21H,8,10H2,1H3/t19-,24?;14-/m11/s1. The number of hydrogen-bond acceptors (Lipinski definition) is 8. The van der Waals surface area contributed by atoms with Crippen molar-refractivity contribution in [2.45, 2.75) is 58.1 Å². The van der Waals surface area contributed by atoms with Gasteiger partial charge in [0.15, 0.2) is 0 Å². The highest BCUT2D eigenvalue weighted by atomic mass is 35.5. The average molecular weight is 851 g/mol. The molecule has 1 aromatic heterocycles. The highest BCUT2D eigenvalue weighted by Crippen LogP contribution is 2.32. The van der Waals surface area contributed by atoms with Crippen LogP contribution in [0.2, 0.25) is 30.0 Å². The number of carbonyl (C=O) groups is 1. The minimum Gasteiger partial charge on any atom is -0.466 e. The summed E-state index contributed by atoms with van der Waals surface area (Å²) in [7, 11) is -5.07. The molecule has 1 fully saturated rings. The van der Waals surface area contributed by atoms with Gasteiger partial charge in [0.25, 0.3) is 6.92 Å². The Kier molecular flexibility index (Phi) is 16.0. The first kappa shape index (κ1) is 45.0. The Morgan fingerprint density at radius 2 is 1.48 bits per heavy atom. The molecule has 0 bridgehead atoms. The van der Waals surface area contributed by atoms with Gasteiger partial charge >= 0.3 is 23.3 Å². The van der Waals surface area contributed by atoms with Crippen LogP contribution in [0, 0.1) is 17.6 Å². The van der Waals surface area contributed by atoms with Gasteiger partial charge in [-0.25, -0.2) is 8.78 Å². The molecule has 0 aliphatic carbocycles. The topological polar surface area (TPSA) is 126 Å². The van der Waals surface area contributed by atoms with E-state index in [-0.39, 0.29) is 30.1 Å². The summed E-state index contributed by atoms with van der Waals surface area (Å²) in [5, 5.41) is 20.7. The number of halogens is 4. The zero-order valence-electron chi connectivity index (χ0n) is 32.3. The minimum atomic E-state index is -3.90. The molecule has 6 rings (SSSR count). The van der Waals surface area contributed by atoms with Crippen LogP contribution < -0.4 is 0 Å². The zero-order valence-corrected chi connectivity index (χ0v) is 34.6. The molecule has 304 valence electrons. The molecular formula is C42H44B2Cl2F2N2O7S. The van der Waals surface area contributed by atoms with Crippen molar-refractivity contribution in [1.82, 2.24) is 9.20 Å². The van der Waals surface area contributed by atoms with E-state index < -0.39 is 36.2 Å². The van der Waals surface area contributed by atoms with Gasteiger partial charge in [-0.3, -0.25) is 14.0 Å². The Bertz CT molecular complexity index is 2240. The second-order valence-corrected chi connectivity index (χ2v) is 16.6. The first-order valence-electron chi connectivity index (χ1n) is 18.8. The lowest BCUT2D eigenvalue weighted by molar-refractivity contribution is -0.145. The van der Waals surface area contributed by atoms with Crippen LogP contribution in [0.3, 0.4) is 0 Å². The molecule has 4 aromatic carbocycles. The number of carbonyl (C=O) groups excluding carboxylic acids is 1. The lowest BCUT2D eigenvalue weighted by Crippen LogP contribution is -2.45. The largest absolute Gasteiger partial charge is 0.466 e. The van der Waals surface area contributed by atoms with Gasteiger partial charge in [-0.15, -0.1) is 0 Å². The van der Waals surface area contributed by atoms with Crippen molar-refractivity contribution in [1.29, 1.82) is 0 Å². The van der Waals surface area contributed by atoms with E-state index in [0.29, 0.717) is 58.9 Å². The van der Waals surface area contributed by atoms with E-state index in [1.54, 1.807) is 68.6 Å². The molecule has 2 N–H and O–H groups in total. The highest BCUT2D eigenvalue weighted by Gasteiger charge is 2.43. The summed E-state index contributed by atoms with van der Waals surface area (Å²) in [6.45, 7) is 4.70. The van der Waals surface area contributed by atoms with E-state index in [2.05, 4.69) is 4.98 Å². The lowest BCUT2D eigenvalue weighted by atomic mass is 9.61. The summed E-state index contributed by atoms with van der Waals surface area (Å²) >= 11 is 11.9. The number of ether oxygens (including phenoxy) is 1. The maximum atomic E-state index is 14.2. The number of aromatic nitrogens is 1. The Hall–Kier alpha value is -4.14. The number of pyridine rings is 1. The number of nitrogens with zero attached hydrogens (tertiary/aromatic N) is 2. The molecule has 0 amide bonds. The quantitative estimate of drug-likeness (QED) is 0.0840. The molecule has 2 heterocycles. The van der Waals surface area contributed by atoms with Crippen molar-refractivity contribution in [3.63, 3.8) is 0 Å². The van der Waals surface area contributed by atoms with Crippen molar-refractivity contribution >= 4 is 53.4 Å². The number of hydrogen-bond donors (Lipinski definition) is 2. The summed E-state index contributed by atoms with van der Waals surface area (Å²) in [5.74, 6) is -1.40. The third-order valence-corrected chi connectivity index (χ3v) is 11.7. The molecule has 1 saturated heterocycles. The van der Waals surface area contributed by atoms with Crippen molar-refractivity contribution < 1.29 is 41.0 Å². The normalized spacial score (nSPS) is 15.8. The van der Waals surface area contributed by atoms with Crippen molar-refractivity contribution in [2.75, 3.05) is 13.2 Å². The number of benzene rings is 4.